The number of carbonyl (C=O) groups is 3. The van der Waals surface area contributed by atoms with Gasteiger partial charge in [-0.05, 0) is 148 Å². The maximum absolute atomic E-state index is 12.9. The van der Waals surface area contributed by atoms with E-state index in [1.165, 1.54) is 44.9 Å². The Hall–Kier alpha value is -5.23. The van der Waals surface area contributed by atoms with Gasteiger partial charge in [0.2, 0.25) is 0 Å². The predicted molar refractivity (Wildman–Crippen MR) is 338 cm³/mol. The molecule has 0 heterocycles. The van der Waals surface area contributed by atoms with E-state index in [0.717, 1.165) is 154 Å². The number of carbonyl (C=O) groups excluding carboxylic acids is 3. The van der Waals surface area contributed by atoms with E-state index in [0.29, 0.717) is 12.8 Å². The predicted octanol–water partition coefficient (Wildman–Crippen LogP) is 21.5. The largest absolute Gasteiger partial charge is 0.462 e. The molecule has 1 atom stereocenters. The zero-order chi connectivity index (χ0) is 56.4. The summed E-state index contributed by atoms with van der Waals surface area (Å²) in [5.41, 5.74) is 0. The Labute approximate surface area is 479 Å². The SMILES string of the molecule is CC/C=C\C/C=C\C/C=C\C/C=C\C/C=C\C/C=C\C/C=C\C/C=C\C/C=C\CCCC(=O)OCC(COC(=O)CCCCCCC/C=C\CCCCCCC)OC(=O)CCCCCC/C=C\C/C=C\C/C=C\C/C=C\CC. The third-order valence-corrected chi connectivity index (χ3v) is 12.4. The zero-order valence-corrected chi connectivity index (χ0v) is 49.9. The highest BCUT2D eigenvalue weighted by molar-refractivity contribution is 5.71. The van der Waals surface area contributed by atoms with E-state index in [9.17, 15) is 14.4 Å². The molecule has 0 bridgehead atoms. The van der Waals surface area contributed by atoms with Crippen LogP contribution in [0.15, 0.2) is 170 Å². The minimum atomic E-state index is -0.828. The molecule has 0 N–H and O–H groups in total. The molecule has 0 aliphatic rings. The van der Waals surface area contributed by atoms with E-state index in [-0.39, 0.29) is 44.0 Å². The molecular formula is C72H112O6. The van der Waals surface area contributed by atoms with Gasteiger partial charge in [-0.2, -0.15) is 0 Å². The first-order chi connectivity index (χ1) is 38.5. The maximum Gasteiger partial charge on any atom is 0.306 e. The summed E-state index contributed by atoms with van der Waals surface area (Å²) in [6.07, 6.45) is 95.0. The molecule has 1 unspecified atom stereocenters. The number of ether oxygens (including phenoxy) is 3. The first-order valence-electron chi connectivity index (χ1n) is 31.1. The fourth-order valence-corrected chi connectivity index (χ4v) is 7.84. The molecule has 78 heavy (non-hydrogen) atoms. The summed E-state index contributed by atoms with van der Waals surface area (Å²) in [7, 11) is 0. The van der Waals surface area contributed by atoms with Crippen LogP contribution in [-0.4, -0.2) is 37.2 Å². The van der Waals surface area contributed by atoms with E-state index < -0.39 is 6.10 Å². The topological polar surface area (TPSA) is 78.9 Å². The number of hydrogen-bond donors (Lipinski definition) is 0. The molecule has 0 aromatic carbocycles. The van der Waals surface area contributed by atoms with Crippen LogP contribution in [0.25, 0.3) is 0 Å². The van der Waals surface area contributed by atoms with E-state index in [1.807, 2.05) is 0 Å². The number of allylic oxidation sites excluding steroid dienone is 28. The smallest absolute Gasteiger partial charge is 0.306 e. The van der Waals surface area contributed by atoms with E-state index in [1.54, 1.807) is 0 Å². The lowest BCUT2D eigenvalue weighted by atomic mass is 10.1. The summed E-state index contributed by atoms with van der Waals surface area (Å²) in [4.78, 5) is 38.2. The molecule has 0 aromatic heterocycles. The number of hydrogen-bond acceptors (Lipinski definition) is 6. The first kappa shape index (κ1) is 72.8. The minimum Gasteiger partial charge on any atom is -0.462 e. The molecule has 0 aliphatic carbocycles. The van der Waals surface area contributed by atoms with E-state index >= 15 is 0 Å². The Morgan fingerprint density at radius 1 is 0.269 bits per heavy atom. The van der Waals surface area contributed by atoms with Crippen LogP contribution in [0.1, 0.15) is 245 Å². The van der Waals surface area contributed by atoms with Crippen molar-refractivity contribution in [2.24, 2.45) is 0 Å². The van der Waals surface area contributed by atoms with Crippen LogP contribution in [0.5, 0.6) is 0 Å². The third kappa shape index (κ3) is 61.6. The van der Waals surface area contributed by atoms with Crippen LogP contribution in [0.3, 0.4) is 0 Å². The van der Waals surface area contributed by atoms with Crippen molar-refractivity contribution in [3.63, 3.8) is 0 Å². The van der Waals surface area contributed by atoms with Crippen LogP contribution in [0.4, 0.5) is 0 Å². The van der Waals surface area contributed by atoms with Gasteiger partial charge in [0.1, 0.15) is 13.2 Å². The monoisotopic (exact) mass is 1070 g/mol. The van der Waals surface area contributed by atoms with Crippen molar-refractivity contribution in [2.45, 2.75) is 252 Å². The van der Waals surface area contributed by atoms with Gasteiger partial charge in [0, 0.05) is 19.3 Å². The molecule has 0 saturated carbocycles. The van der Waals surface area contributed by atoms with Gasteiger partial charge in [-0.25, -0.2) is 0 Å². The number of esters is 3. The lowest BCUT2D eigenvalue weighted by Crippen LogP contribution is -2.30. The molecule has 0 aliphatic heterocycles. The third-order valence-electron chi connectivity index (χ3n) is 12.4. The van der Waals surface area contributed by atoms with E-state index in [4.69, 9.17) is 14.2 Å². The summed E-state index contributed by atoms with van der Waals surface area (Å²) in [5.74, 6) is -1.02. The fourth-order valence-electron chi connectivity index (χ4n) is 7.84. The Balaban J connectivity index is 4.51. The van der Waals surface area contributed by atoms with Crippen molar-refractivity contribution in [3.8, 4) is 0 Å². The Morgan fingerprint density at radius 2 is 0.513 bits per heavy atom. The van der Waals surface area contributed by atoms with Crippen molar-refractivity contribution in [1.29, 1.82) is 0 Å². The van der Waals surface area contributed by atoms with Crippen LogP contribution < -0.4 is 0 Å². The molecule has 6 heteroatoms. The summed E-state index contributed by atoms with van der Waals surface area (Å²) < 4.78 is 16.8. The molecule has 6 nitrogen and oxygen atoms in total. The van der Waals surface area contributed by atoms with Gasteiger partial charge >= 0.3 is 17.9 Å². The first-order valence-corrected chi connectivity index (χ1v) is 31.1. The Kier molecular flexibility index (Phi) is 60.0. The van der Waals surface area contributed by atoms with Crippen LogP contribution >= 0.6 is 0 Å². The molecule has 0 aromatic rings. The van der Waals surface area contributed by atoms with Gasteiger partial charge in [-0.1, -0.05) is 249 Å². The van der Waals surface area contributed by atoms with Gasteiger partial charge in [-0.15, -0.1) is 0 Å². The molecule has 0 radical (unpaired) electrons. The van der Waals surface area contributed by atoms with Crippen LogP contribution in [0, 0.1) is 0 Å². The van der Waals surface area contributed by atoms with Crippen molar-refractivity contribution < 1.29 is 28.6 Å². The second kappa shape index (κ2) is 64.3. The molecule has 0 fully saturated rings. The van der Waals surface area contributed by atoms with Crippen molar-refractivity contribution in [3.05, 3.63) is 170 Å². The second-order valence-corrected chi connectivity index (χ2v) is 19.8. The average Bonchev–Trinajstić information content (AvgIpc) is 3.44. The van der Waals surface area contributed by atoms with Gasteiger partial charge in [0.15, 0.2) is 6.10 Å². The second-order valence-electron chi connectivity index (χ2n) is 19.8. The molecule has 0 amide bonds. The zero-order valence-electron chi connectivity index (χ0n) is 49.9. The highest BCUT2D eigenvalue weighted by Gasteiger charge is 2.19. The van der Waals surface area contributed by atoms with Crippen LogP contribution in [0.2, 0.25) is 0 Å². The average molecular weight is 1070 g/mol. The lowest BCUT2D eigenvalue weighted by molar-refractivity contribution is -0.167. The maximum atomic E-state index is 12.9. The summed E-state index contributed by atoms with van der Waals surface area (Å²) in [5, 5.41) is 0. The van der Waals surface area contributed by atoms with Crippen LogP contribution in [-0.2, 0) is 28.6 Å². The van der Waals surface area contributed by atoms with Gasteiger partial charge in [-0.3, -0.25) is 14.4 Å². The Bertz CT molecular complexity index is 1810. The van der Waals surface area contributed by atoms with Crippen molar-refractivity contribution in [1.82, 2.24) is 0 Å². The Morgan fingerprint density at radius 3 is 0.846 bits per heavy atom. The molecule has 0 spiro atoms. The highest BCUT2D eigenvalue weighted by atomic mass is 16.6. The summed E-state index contributed by atoms with van der Waals surface area (Å²) in [6, 6.07) is 0. The molecular weight excluding hydrogens is 961 g/mol. The van der Waals surface area contributed by atoms with Crippen molar-refractivity contribution in [2.75, 3.05) is 13.2 Å². The lowest BCUT2D eigenvalue weighted by Gasteiger charge is -2.18. The van der Waals surface area contributed by atoms with Gasteiger partial charge in [0.05, 0.1) is 0 Å². The molecule has 0 saturated heterocycles. The van der Waals surface area contributed by atoms with Gasteiger partial charge in [0.25, 0.3) is 0 Å². The standard InChI is InChI=1S/C72H112O6/c1-4-7-10-13-16-19-22-25-28-30-31-32-33-34-35-36-37-38-39-40-41-43-44-47-50-53-56-59-62-65-71(74)77-68-69(67-76-70(73)64-61-58-55-52-49-46-27-24-21-18-15-12-9-6-3)78-72(75)66-63-60-57-54-51-48-45-42-29-26-23-20-17-14-11-8-5-2/h7-8,10-11,16-17,19-20,24-29,31-32,34-35,37-38,40-41,44-45,47-48,53,56,69H,4-6,9,12-15,18,21-23,30,33,36,39,42-43,46,49-52,54-55,57-68H2,1-3H3/b10-7-,11-8-,19-16-,20-17-,27-24-,28-25-,29-26-,32-31-,35-34-,38-37-,41-40-,47-44-,48-45-,56-53-. The highest BCUT2D eigenvalue weighted by Crippen LogP contribution is 2.13. The quantitative estimate of drug-likeness (QED) is 0.0261. The minimum absolute atomic E-state index is 0.118. The molecule has 0 rings (SSSR count). The number of unbranched alkanes of at least 4 members (excludes halogenated alkanes) is 15. The van der Waals surface area contributed by atoms with Gasteiger partial charge < -0.3 is 14.2 Å². The van der Waals surface area contributed by atoms with Crippen molar-refractivity contribution >= 4 is 17.9 Å². The summed E-state index contributed by atoms with van der Waals surface area (Å²) >= 11 is 0. The fraction of sp³-hybridized carbons (Fsp3) is 0.569. The molecule has 436 valence electrons. The van der Waals surface area contributed by atoms with E-state index in [2.05, 4.69) is 191 Å². The normalized spacial score (nSPS) is 13.3. The number of rotatable bonds is 54. The summed E-state index contributed by atoms with van der Waals surface area (Å²) in [6.45, 7) is 6.31.